The molecule has 0 saturated carbocycles. The van der Waals surface area contributed by atoms with E-state index in [9.17, 15) is 0 Å². The second-order valence-corrected chi connectivity index (χ2v) is 7.78. The van der Waals surface area contributed by atoms with Crippen molar-refractivity contribution < 1.29 is 0 Å². The maximum atomic E-state index is 2.12. The second kappa shape index (κ2) is 1330. The van der Waals surface area contributed by atoms with Gasteiger partial charge in [0, 0.05) is 0 Å². The van der Waals surface area contributed by atoms with E-state index in [1.807, 2.05) is 152 Å². The van der Waals surface area contributed by atoms with Gasteiger partial charge in [0.1, 0.15) is 0 Å². The highest BCUT2D eigenvalue weighted by Gasteiger charge is 1.38. The average molecular weight is 832 g/mol. The van der Waals surface area contributed by atoms with Crippen molar-refractivity contribution in [3.8, 4) is 0 Å². The molecule has 0 atom stereocenters. The summed E-state index contributed by atoms with van der Waals surface area (Å²) in [5.41, 5.74) is 0. The molecule has 0 N–H and O–H groups in total. The number of rotatable bonds is 0. The Balaban J connectivity index is -0.00000000972. The molecule has 0 radical (unpaired) electrons. The molecule has 382 valence electrons. The molecule has 56 heavy (non-hydrogen) atoms. The van der Waals surface area contributed by atoms with Crippen LogP contribution in [0.3, 0.4) is 0 Å². The highest BCUT2D eigenvalue weighted by atomic mass is 13.5. The van der Waals surface area contributed by atoms with Crippen LogP contribution >= 0.6 is 0 Å². The Bertz CT molecular complexity index is 38.1. The maximum absolute atomic E-state index is 2.12. The van der Waals surface area contributed by atoms with Crippen LogP contribution in [0.5, 0.6) is 0 Å². The van der Waals surface area contributed by atoms with E-state index in [4.69, 9.17) is 0 Å². The number of hydrogen-bond donors (Lipinski definition) is 0. The van der Waals surface area contributed by atoms with E-state index in [2.05, 4.69) is 152 Å². The molecule has 0 aliphatic rings. The summed E-state index contributed by atoms with van der Waals surface area (Å²) < 4.78 is 0. The van der Waals surface area contributed by atoms with Gasteiger partial charge in [0.15, 0.2) is 0 Å². The van der Waals surface area contributed by atoms with Crippen LogP contribution in [0.15, 0.2) is 0 Å². The SMILES string of the molecule is C.CC.CC.CC.CC.CC.CC.CC.CC.CC.CC.CC.CCC.CCC.CCC.CCC.CCC.CCC.CCC.CCC.CCC.CCC.CCC. The van der Waals surface area contributed by atoms with Gasteiger partial charge in [-0.1, -0.05) is 383 Å². The molecular weight excluding hydrogens is 673 g/mol. The molecule has 0 aliphatic heterocycles. The zero-order chi connectivity index (χ0) is 51.8. The number of hydrogen-bond acceptors (Lipinski definition) is 0. The third-order valence-corrected chi connectivity index (χ3v) is 0. The molecule has 0 amide bonds. The average Bonchev–Trinajstić information content (AvgIpc) is 3.23. The molecule has 0 heteroatoms. The van der Waals surface area contributed by atoms with Crippen molar-refractivity contribution in [3.05, 3.63) is 0 Å². The summed E-state index contributed by atoms with van der Waals surface area (Å²) in [5, 5.41) is 0. The quantitative estimate of drug-likeness (QED) is 0.228. The van der Waals surface area contributed by atoms with Crippen LogP contribution in [0.25, 0.3) is 0 Å². The van der Waals surface area contributed by atoms with Crippen LogP contribution in [-0.2, 0) is 0 Å². The minimum atomic E-state index is 0. The van der Waals surface area contributed by atoms with E-state index in [1.54, 1.807) is 0 Å². The predicted molar refractivity (Wildman–Crippen MR) is 307 cm³/mol. The standard InChI is InChI=1S/11C3H8.11C2H6.CH4/c11*1-3-2;11*1-2;/h11*3H2,1-2H3;11*1-2H3;1H4. The lowest BCUT2D eigenvalue weighted by Crippen LogP contribution is -1.27. The van der Waals surface area contributed by atoms with E-state index in [-0.39, 0.29) is 7.43 Å². The van der Waals surface area contributed by atoms with E-state index in [0.29, 0.717) is 0 Å². The van der Waals surface area contributed by atoms with Gasteiger partial charge < -0.3 is 0 Å². The first-order valence-electron chi connectivity index (χ1n) is 26.6. The molecule has 0 aromatic carbocycles. The fourth-order valence-corrected chi connectivity index (χ4v) is 0. The minimum Gasteiger partial charge on any atom is -0.0776 e. The van der Waals surface area contributed by atoms with E-state index >= 15 is 0 Å². The van der Waals surface area contributed by atoms with Crippen LogP contribution in [0, 0.1) is 0 Å². The molecule has 0 aromatic heterocycles. The summed E-state index contributed by atoms with van der Waals surface area (Å²) in [4.78, 5) is 0. The van der Waals surface area contributed by atoms with Crippen LogP contribution in [-0.4, -0.2) is 0 Å². The molecule has 0 rings (SSSR count). The summed E-state index contributed by atoms with van der Waals surface area (Å²) in [7, 11) is 0. The predicted octanol–water partition coefficient (Wildman–Crippen LogP) is 27.5. The fourth-order valence-electron chi connectivity index (χ4n) is 0. The molecule has 0 aliphatic carbocycles. The first-order valence-corrected chi connectivity index (χ1v) is 26.6. The third kappa shape index (κ3) is 0. The van der Waals surface area contributed by atoms with Gasteiger partial charge in [0.05, 0.1) is 0 Å². The molecule has 0 heterocycles. The largest absolute Gasteiger partial charge is 0.0776 e. The van der Waals surface area contributed by atoms with Crippen molar-refractivity contribution in [2.75, 3.05) is 0 Å². The normalized spacial score (nSPS) is 4.71. The van der Waals surface area contributed by atoms with E-state index < -0.39 is 0 Å². The van der Waals surface area contributed by atoms with Gasteiger partial charge in [-0.3, -0.25) is 0 Å². The van der Waals surface area contributed by atoms with Crippen LogP contribution in [0.1, 0.15) is 383 Å². The zero-order valence-electron chi connectivity index (χ0n) is 51.8. The van der Waals surface area contributed by atoms with Gasteiger partial charge >= 0.3 is 0 Å². The first-order chi connectivity index (χ1) is 26.6. The Hall–Kier alpha value is 0. The summed E-state index contributed by atoms with van der Waals surface area (Å²) in [5.74, 6) is 0. The Kier molecular flexibility index (Phi) is 3680. The van der Waals surface area contributed by atoms with Crippen molar-refractivity contribution in [1.82, 2.24) is 0 Å². The minimum absolute atomic E-state index is 0. The smallest absolute Gasteiger partial charge is 0.0590 e. The lowest BCUT2D eigenvalue weighted by molar-refractivity contribution is 1.09. The van der Waals surface area contributed by atoms with Crippen molar-refractivity contribution in [3.63, 3.8) is 0 Å². The van der Waals surface area contributed by atoms with Crippen molar-refractivity contribution in [1.29, 1.82) is 0 Å². The maximum Gasteiger partial charge on any atom is -0.0590 e. The highest BCUT2D eigenvalue weighted by Crippen LogP contribution is 1.59. The molecule has 0 fully saturated rings. The summed E-state index contributed by atoms with van der Waals surface area (Å²) in [6, 6.07) is 0. The van der Waals surface area contributed by atoms with Gasteiger partial charge in [-0.25, -0.2) is 0 Å². The van der Waals surface area contributed by atoms with Gasteiger partial charge in [-0.05, 0) is 0 Å². The van der Waals surface area contributed by atoms with Crippen LogP contribution in [0.2, 0.25) is 0 Å². The van der Waals surface area contributed by atoms with Crippen molar-refractivity contribution in [2.45, 2.75) is 383 Å². The Morgan fingerprint density at radius 1 is 0.107 bits per heavy atom. The molecule has 0 nitrogen and oxygen atoms in total. The second-order valence-electron chi connectivity index (χ2n) is 7.78. The fraction of sp³-hybridized carbons (Fsp3) is 1.00. The first kappa shape index (κ1) is 156. The summed E-state index contributed by atoms with van der Waals surface area (Å²) in [6.07, 6.45) is 13.8. The molecule has 0 spiro atoms. The highest BCUT2D eigenvalue weighted by molar-refractivity contribution is 3.95. The lowest BCUT2D eigenvalue weighted by atomic mass is 10.6. The van der Waals surface area contributed by atoms with E-state index in [0.717, 1.165) is 0 Å². The third-order valence-electron chi connectivity index (χ3n) is 0. The molecule has 0 saturated heterocycles. The summed E-state index contributed by atoms with van der Waals surface area (Å²) >= 11 is 0. The molecular formula is C56H158. The molecule has 0 unspecified atom stereocenters. The molecule has 0 bridgehead atoms. The van der Waals surface area contributed by atoms with Crippen molar-refractivity contribution in [2.24, 2.45) is 0 Å². The van der Waals surface area contributed by atoms with Crippen LogP contribution in [0.4, 0.5) is 0 Å². The summed E-state index contributed by atoms with van der Waals surface area (Å²) in [6.45, 7) is 90.8. The Morgan fingerprint density at radius 3 is 0.107 bits per heavy atom. The topological polar surface area (TPSA) is 0 Å². The zero-order valence-corrected chi connectivity index (χ0v) is 51.8. The lowest BCUT2D eigenvalue weighted by Gasteiger charge is -1.48. The Morgan fingerprint density at radius 2 is 0.107 bits per heavy atom. The van der Waals surface area contributed by atoms with E-state index in [1.165, 1.54) is 70.6 Å². The molecule has 0 aromatic rings. The van der Waals surface area contributed by atoms with Crippen LogP contribution < -0.4 is 0 Å². The van der Waals surface area contributed by atoms with Gasteiger partial charge in [0.25, 0.3) is 0 Å². The van der Waals surface area contributed by atoms with Crippen molar-refractivity contribution >= 4 is 0 Å². The Labute approximate surface area is 381 Å². The van der Waals surface area contributed by atoms with Gasteiger partial charge in [-0.15, -0.1) is 0 Å². The van der Waals surface area contributed by atoms with Gasteiger partial charge in [-0.2, -0.15) is 0 Å². The van der Waals surface area contributed by atoms with Gasteiger partial charge in [0.2, 0.25) is 0 Å². The monoisotopic (exact) mass is 831 g/mol.